The topological polar surface area (TPSA) is 84.7 Å². The van der Waals surface area contributed by atoms with Crippen molar-refractivity contribution >= 4 is 24.2 Å². The largest absolute Gasteiger partial charge is 0.381 e. The smallest absolute Gasteiger partial charge is 0.251 e. The molecule has 3 rings (SSSR count). The zero-order valence-corrected chi connectivity index (χ0v) is 16.1. The Bertz CT molecular complexity index is 630. The number of nitrogens with one attached hydrogen (secondary N) is 1. The van der Waals surface area contributed by atoms with Crippen molar-refractivity contribution in [3.8, 4) is 0 Å². The predicted molar refractivity (Wildman–Crippen MR) is 102 cm³/mol. The Morgan fingerprint density at radius 3 is 2.30 bits per heavy atom. The summed E-state index contributed by atoms with van der Waals surface area (Å²) in [6, 6.07) is 5.02. The molecule has 2 heterocycles. The molecule has 3 N–H and O–H groups in total. The summed E-state index contributed by atoms with van der Waals surface area (Å²) in [4.78, 5) is 26.6. The van der Waals surface area contributed by atoms with Crippen LogP contribution in [0.3, 0.4) is 0 Å². The summed E-state index contributed by atoms with van der Waals surface area (Å²) in [5.41, 5.74) is 6.62. The van der Waals surface area contributed by atoms with Crippen molar-refractivity contribution in [2.75, 3.05) is 26.3 Å². The predicted octanol–water partition coefficient (Wildman–Crippen LogP) is 1.72. The van der Waals surface area contributed by atoms with Crippen molar-refractivity contribution in [1.29, 1.82) is 0 Å². The van der Waals surface area contributed by atoms with Gasteiger partial charge in [-0.1, -0.05) is 0 Å². The van der Waals surface area contributed by atoms with Gasteiger partial charge in [0.1, 0.15) is 5.82 Å². The molecule has 0 radical (unpaired) electrons. The molecule has 1 atom stereocenters. The van der Waals surface area contributed by atoms with Crippen molar-refractivity contribution < 1.29 is 18.7 Å². The van der Waals surface area contributed by atoms with Gasteiger partial charge >= 0.3 is 0 Å². The van der Waals surface area contributed by atoms with Crippen LogP contribution in [0.2, 0.25) is 0 Å². The van der Waals surface area contributed by atoms with Gasteiger partial charge in [0, 0.05) is 37.9 Å². The van der Waals surface area contributed by atoms with Gasteiger partial charge in [-0.15, -0.1) is 12.4 Å². The zero-order chi connectivity index (χ0) is 18.5. The first kappa shape index (κ1) is 21.6. The van der Waals surface area contributed by atoms with E-state index in [0.717, 1.165) is 12.8 Å². The summed E-state index contributed by atoms with van der Waals surface area (Å²) in [6.45, 7) is 2.51. The van der Waals surface area contributed by atoms with E-state index in [1.165, 1.54) is 24.3 Å². The highest BCUT2D eigenvalue weighted by Gasteiger charge is 2.32. The van der Waals surface area contributed by atoms with Gasteiger partial charge < -0.3 is 20.7 Å². The first-order valence-corrected chi connectivity index (χ1v) is 9.23. The third-order valence-corrected chi connectivity index (χ3v) is 5.31. The van der Waals surface area contributed by atoms with E-state index in [-0.39, 0.29) is 42.0 Å². The van der Waals surface area contributed by atoms with Crippen molar-refractivity contribution in [3.63, 3.8) is 0 Å². The van der Waals surface area contributed by atoms with Gasteiger partial charge in [-0.25, -0.2) is 4.39 Å². The molecule has 2 amide bonds. The molecule has 27 heavy (non-hydrogen) atoms. The molecular formula is C19H27ClFN3O3. The fraction of sp³-hybridized carbons (Fsp3) is 0.579. The van der Waals surface area contributed by atoms with Crippen LogP contribution in [-0.4, -0.2) is 55.1 Å². The van der Waals surface area contributed by atoms with E-state index >= 15 is 0 Å². The van der Waals surface area contributed by atoms with Crippen LogP contribution in [-0.2, 0) is 9.53 Å². The highest BCUT2D eigenvalue weighted by molar-refractivity contribution is 5.94. The molecule has 1 aromatic rings. The van der Waals surface area contributed by atoms with Crippen LogP contribution in [0.15, 0.2) is 24.3 Å². The van der Waals surface area contributed by atoms with Crippen LogP contribution in [0.4, 0.5) is 4.39 Å². The number of carbonyl (C=O) groups excluding carboxylic acids is 2. The second-order valence-electron chi connectivity index (χ2n) is 7.06. The average Bonchev–Trinajstić information content (AvgIpc) is 2.68. The first-order valence-electron chi connectivity index (χ1n) is 9.23. The third-order valence-electron chi connectivity index (χ3n) is 5.31. The summed E-state index contributed by atoms with van der Waals surface area (Å²) in [5.74, 6) is -0.393. The number of nitrogens with zero attached hydrogens (tertiary/aromatic N) is 1. The number of hydrogen-bond acceptors (Lipinski definition) is 4. The van der Waals surface area contributed by atoms with Crippen LogP contribution in [0.25, 0.3) is 0 Å². The molecule has 2 saturated heterocycles. The van der Waals surface area contributed by atoms with Crippen LogP contribution < -0.4 is 11.1 Å². The van der Waals surface area contributed by atoms with E-state index in [4.69, 9.17) is 10.5 Å². The standard InChI is InChI=1S/C19H26FN3O3.ClH/c20-15-3-1-14(2-4-15)18(24)22-16-5-9-23(10-6-16)19(25)17(21)13-7-11-26-12-8-13;/h1-4,13,16-17H,5-12,21H2,(H,22,24);1H. The molecule has 2 aliphatic heterocycles. The van der Waals surface area contributed by atoms with Crippen molar-refractivity contribution in [2.45, 2.75) is 37.8 Å². The maximum atomic E-state index is 12.9. The maximum absolute atomic E-state index is 12.9. The highest BCUT2D eigenvalue weighted by atomic mass is 35.5. The first-order chi connectivity index (χ1) is 12.5. The Labute approximate surface area is 165 Å². The fourth-order valence-electron chi connectivity index (χ4n) is 3.60. The third kappa shape index (κ3) is 5.64. The van der Waals surface area contributed by atoms with Crippen LogP contribution >= 0.6 is 12.4 Å². The summed E-state index contributed by atoms with van der Waals surface area (Å²) >= 11 is 0. The number of ether oxygens (including phenoxy) is 1. The minimum atomic E-state index is -0.468. The molecule has 0 saturated carbocycles. The van der Waals surface area contributed by atoms with Gasteiger partial charge in [0.25, 0.3) is 5.91 Å². The van der Waals surface area contributed by atoms with E-state index in [1.54, 1.807) is 4.90 Å². The number of amides is 2. The van der Waals surface area contributed by atoms with Crippen LogP contribution in [0.1, 0.15) is 36.0 Å². The lowest BCUT2D eigenvalue weighted by Gasteiger charge is -2.36. The fourth-order valence-corrected chi connectivity index (χ4v) is 3.60. The lowest BCUT2D eigenvalue weighted by atomic mass is 9.91. The summed E-state index contributed by atoms with van der Waals surface area (Å²) in [7, 11) is 0. The van der Waals surface area contributed by atoms with E-state index in [1.807, 2.05) is 0 Å². The molecule has 0 aliphatic carbocycles. The Morgan fingerprint density at radius 2 is 1.70 bits per heavy atom. The summed E-state index contributed by atoms with van der Waals surface area (Å²) in [5, 5.41) is 2.96. The molecule has 0 aromatic heterocycles. The lowest BCUT2D eigenvalue weighted by Crippen LogP contribution is -2.53. The van der Waals surface area contributed by atoms with E-state index in [0.29, 0.717) is 44.7 Å². The Morgan fingerprint density at radius 1 is 1.11 bits per heavy atom. The molecule has 0 bridgehead atoms. The molecule has 150 valence electrons. The van der Waals surface area contributed by atoms with Gasteiger partial charge in [0.2, 0.25) is 5.91 Å². The van der Waals surface area contributed by atoms with E-state index < -0.39 is 6.04 Å². The van der Waals surface area contributed by atoms with Crippen LogP contribution in [0, 0.1) is 11.7 Å². The molecule has 2 fully saturated rings. The van der Waals surface area contributed by atoms with E-state index in [9.17, 15) is 14.0 Å². The number of likely N-dealkylation sites (tertiary alicyclic amines) is 1. The molecule has 8 heteroatoms. The Balaban J connectivity index is 0.00000261. The number of rotatable bonds is 4. The van der Waals surface area contributed by atoms with Crippen molar-refractivity contribution in [1.82, 2.24) is 10.2 Å². The average molecular weight is 400 g/mol. The number of nitrogens with two attached hydrogens (primary N) is 1. The second kappa shape index (κ2) is 10.0. The minimum absolute atomic E-state index is 0. The number of halogens is 2. The van der Waals surface area contributed by atoms with Gasteiger partial charge in [0.05, 0.1) is 6.04 Å². The molecule has 2 aliphatic rings. The lowest BCUT2D eigenvalue weighted by molar-refractivity contribution is -0.135. The highest BCUT2D eigenvalue weighted by Crippen LogP contribution is 2.20. The maximum Gasteiger partial charge on any atom is 0.251 e. The number of piperidine rings is 1. The summed E-state index contributed by atoms with van der Waals surface area (Å²) < 4.78 is 18.3. The summed E-state index contributed by atoms with van der Waals surface area (Å²) in [6.07, 6.45) is 3.05. The van der Waals surface area contributed by atoms with E-state index in [2.05, 4.69) is 5.32 Å². The minimum Gasteiger partial charge on any atom is -0.381 e. The Hall–Kier alpha value is -1.70. The van der Waals surface area contributed by atoms with Crippen LogP contribution in [0.5, 0.6) is 0 Å². The second-order valence-corrected chi connectivity index (χ2v) is 7.06. The van der Waals surface area contributed by atoms with Gasteiger partial charge in [0.15, 0.2) is 0 Å². The van der Waals surface area contributed by atoms with Gasteiger partial charge in [-0.2, -0.15) is 0 Å². The normalized spacial score (nSPS) is 19.9. The monoisotopic (exact) mass is 399 g/mol. The zero-order valence-electron chi connectivity index (χ0n) is 15.2. The molecule has 1 unspecified atom stereocenters. The molecule has 6 nitrogen and oxygen atoms in total. The van der Waals surface area contributed by atoms with Crippen molar-refractivity contribution in [3.05, 3.63) is 35.6 Å². The SMILES string of the molecule is Cl.NC(C(=O)N1CCC(NC(=O)c2ccc(F)cc2)CC1)C1CCOCC1. The number of carbonyl (C=O) groups is 2. The van der Waals surface area contributed by atoms with Gasteiger partial charge in [-0.05, 0) is 55.9 Å². The number of benzene rings is 1. The van der Waals surface area contributed by atoms with Crippen molar-refractivity contribution in [2.24, 2.45) is 11.7 Å². The molecule has 0 spiro atoms. The number of hydrogen-bond donors (Lipinski definition) is 2. The van der Waals surface area contributed by atoms with Gasteiger partial charge in [-0.3, -0.25) is 9.59 Å². The molecular weight excluding hydrogens is 373 g/mol. The Kier molecular flexibility index (Phi) is 8.01. The quantitative estimate of drug-likeness (QED) is 0.807. The molecule has 1 aromatic carbocycles.